The first kappa shape index (κ1) is 8.62. The Balaban J connectivity index is 2.61. The van der Waals surface area contributed by atoms with Crippen LogP contribution in [-0.2, 0) is 4.74 Å². The summed E-state index contributed by atoms with van der Waals surface area (Å²) < 4.78 is 4.38. The van der Waals surface area contributed by atoms with E-state index in [1.807, 2.05) is 0 Å². The summed E-state index contributed by atoms with van der Waals surface area (Å²) >= 11 is 0. The molecule has 0 fully saturated rings. The van der Waals surface area contributed by atoms with Crippen LogP contribution in [0, 0.1) is 0 Å². The molecule has 1 heterocycles. The zero-order chi connectivity index (χ0) is 10.3. The van der Waals surface area contributed by atoms with Gasteiger partial charge < -0.3 is 4.74 Å². The van der Waals surface area contributed by atoms with Crippen molar-refractivity contribution in [2.75, 3.05) is 0 Å². The first-order valence-corrected chi connectivity index (χ1v) is 4.01. The standard InChI is InChI=1S/C10H6O4/c1-5(11)6-2-3-7-8(4-6)10(13)14-9(7)12/h2-4H,1H3. The molecule has 0 spiro atoms. The lowest BCUT2D eigenvalue weighted by molar-refractivity contribution is 0.0443. The van der Waals surface area contributed by atoms with E-state index in [1.54, 1.807) is 0 Å². The average molecular weight is 190 g/mol. The third kappa shape index (κ3) is 1.12. The van der Waals surface area contributed by atoms with Crippen molar-refractivity contribution in [2.45, 2.75) is 6.92 Å². The van der Waals surface area contributed by atoms with Crippen LogP contribution in [0.15, 0.2) is 18.2 Å². The Labute approximate surface area is 79.5 Å². The molecule has 2 rings (SSSR count). The zero-order valence-corrected chi connectivity index (χ0v) is 7.37. The van der Waals surface area contributed by atoms with Gasteiger partial charge in [-0.15, -0.1) is 0 Å². The predicted molar refractivity (Wildman–Crippen MR) is 46.2 cm³/mol. The third-order valence-electron chi connectivity index (χ3n) is 2.05. The minimum atomic E-state index is -0.687. The number of hydrogen-bond acceptors (Lipinski definition) is 4. The second-order valence-corrected chi connectivity index (χ2v) is 2.99. The van der Waals surface area contributed by atoms with Crippen LogP contribution in [0.4, 0.5) is 0 Å². The van der Waals surface area contributed by atoms with Gasteiger partial charge in [-0.2, -0.15) is 0 Å². The first-order chi connectivity index (χ1) is 6.59. The lowest BCUT2D eigenvalue weighted by Gasteiger charge is -1.95. The molecule has 70 valence electrons. The van der Waals surface area contributed by atoms with Crippen molar-refractivity contribution in [2.24, 2.45) is 0 Å². The number of benzene rings is 1. The molecule has 0 unspecified atom stereocenters. The van der Waals surface area contributed by atoms with Gasteiger partial charge >= 0.3 is 11.9 Å². The van der Waals surface area contributed by atoms with E-state index in [9.17, 15) is 14.4 Å². The lowest BCUT2D eigenvalue weighted by Crippen LogP contribution is -1.98. The van der Waals surface area contributed by atoms with Gasteiger partial charge in [-0.25, -0.2) is 9.59 Å². The van der Waals surface area contributed by atoms with Crippen LogP contribution in [0.25, 0.3) is 0 Å². The average Bonchev–Trinajstić information content (AvgIpc) is 2.42. The van der Waals surface area contributed by atoms with Crippen LogP contribution in [-0.4, -0.2) is 17.7 Å². The number of rotatable bonds is 1. The number of esters is 2. The van der Waals surface area contributed by atoms with Crippen molar-refractivity contribution in [3.63, 3.8) is 0 Å². The van der Waals surface area contributed by atoms with Gasteiger partial charge in [-0.05, 0) is 19.1 Å². The molecule has 0 bridgehead atoms. The Bertz CT molecular complexity index is 459. The molecule has 0 atom stereocenters. The van der Waals surface area contributed by atoms with Gasteiger partial charge in [0.15, 0.2) is 5.78 Å². The van der Waals surface area contributed by atoms with Crippen LogP contribution in [0.2, 0.25) is 0 Å². The molecule has 0 aromatic heterocycles. The maximum atomic E-state index is 11.1. The Morgan fingerprint density at radius 3 is 2.43 bits per heavy atom. The summed E-state index contributed by atoms with van der Waals surface area (Å²) in [5.41, 5.74) is 0.790. The second-order valence-electron chi connectivity index (χ2n) is 2.99. The van der Waals surface area contributed by atoms with Crippen LogP contribution >= 0.6 is 0 Å². The van der Waals surface area contributed by atoms with E-state index < -0.39 is 11.9 Å². The quantitative estimate of drug-likeness (QED) is 0.379. The summed E-state index contributed by atoms with van der Waals surface area (Å²) in [4.78, 5) is 33.1. The lowest BCUT2D eigenvalue weighted by atomic mass is 10.0. The maximum absolute atomic E-state index is 11.1. The normalized spacial score (nSPS) is 13.8. The van der Waals surface area contributed by atoms with Crippen molar-refractivity contribution < 1.29 is 19.1 Å². The summed E-state index contributed by atoms with van der Waals surface area (Å²) in [5, 5.41) is 0. The number of hydrogen-bond donors (Lipinski definition) is 0. The fourth-order valence-electron chi connectivity index (χ4n) is 1.30. The summed E-state index contributed by atoms with van der Waals surface area (Å²) in [6.45, 7) is 1.39. The zero-order valence-electron chi connectivity index (χ0n) is 7.37. The van der Waals surface area contributed by atoms with Gasteiger partial charge in [0.2, 0.25) is 0 Å². The van der Waals surface area contributed by atoms with E-state index in [4.69, 9.17) is 0 Å². The van der Waals surface area contributed by atoms with Crippen molar-refractivity contribution >= 4 is 17.7 Å². The molecular weight excluding hydrogens is 184 g/mol. The second kappa shape index (κ2) is 2.77. The summed E-state index contributed by atoms with van der Waals surface area (Å²) in [6.07, 6.45) is 0. The molecule has 4 heteroatoms. The van der Waals surface area contributed by atoms with Crippen LogP contribution in [0.1, 0.15) is 38.0 Å². The van der Waals surface area contributed by atoms with E-state index >= 15 is 0 Å². The first-order valence-electron chi connectivity index (χ1n) is 4.01. The highest BCUT2D eigenvalue weighted by Gasteiger charge is 2.29. The van der Waals surface area contributed by atoms with Gasteiger partial charge in [0.1, 0.15) is 0 Å². The molecule has 1 aliphatic heterocycles. The number of fused-ring (bicyclic) bond motifs is 1. The highest BCUT2D eigenvalue weighted by molar-refractivity contribution is 6.15. The fourth-order valence-corrected chi connectivity index (χ4v) is 1.30. The largest absolute Gasteiger partial charge is 0.386 e. The maximum Gasteiger partial charge on any atom is 0.346 e. The molecule has 0 amide bonds. The van der Waals surface area contributed by atoms with E-state index in [2.05, 4.69) is 4.74 Å². The van der Waals surface area contributed by atoms with Crippen LogP contribution < -0.4 is 0 Å². The minimum Gasteiger partial charge on any atom is -0.386 e. The minimum absolute atomic E-state index is 0.153. The Hall–Kier alpha value is -1.97. The van der Waals surface area contributed by atoms with E-state index in [1.165, 1.54) is 25.1 Å². The fraction of sp³-hybridized carbons (Fsp3) is 0.100. The van der Waals surface area contributed by atoms with Crippen molar-refractivity contribution in [3.8, 4) is 0 Å². The molecule has 0 saturated carbocycles. The molecule has 1 aromatic carbocycles. The SMILES string of the molecule is CC(=O)c1ccc2c(c1)C(=O)OC2=O. The highest BCUT2D eigenvalue weighted by Crippen LogP contribution is 2.21. The van der Waals surface area contributed by atoms with Crippen LogP contribution in [0.5, 0.6) is 0 Å². The van der Waals surface area contributed by atoms with E-state index in [0.717, 1.165) is 0 Å². The monoisotopic (exact) mass is 190 g/mol. The number of carbonyl (C=O) groups excluding carboxylic acids is 3. The number of Topliss-reactive ketones (excluding diaryl/α,β-unsaturated/α-hetero) is 1. The summed E-state index contributed by atoms with van der Waals surface area (Å²) in [5.74, 6) is -1.49. The van der Waals surface area contributed by atoms with Crippen molar-refractivity contribution in [1.82, 2.24) is 0 Å². The molecule has 0 aliphatic carbocycles. The molecule has 0 saturated heterocycles. The predicted octanol–water partition coefficient (Wildman–Crippen LogP) is 1.20. The number of ether oxygens (including phenoxy) is 1. The van der Waals surface area contributed by atoms with Gasteiger partial charge in [0.05, 0.1) is 11.1 Å². The molecule has 0 radical (unpaired) electrons. The number of carbonyl (C=O) groups is 3. The van der Waals surface area contributed by atoms with Gasteiger partial charge in [0, 0.05) is 5.56 Å². The molecule has 1 aliphatic rings. The smallest absolute Gasteiger partial charge is 0.346 e. The van der Waals surface area contributed by atoms with Gasteiger partial charge in [0.25, 0.3) is 0 Å². The molecule has 1 aromatic rings. The Morgan fingerprint density at radius 1 is 1.14 bits per heavy atom. The topological polar surface area (TPSA) is 60.4 Å². The van der Waals surface area contributed by atoms with Crippen molar-refractivity contribution in [3.05, 3.63) is 34.9 Å². The number of ketones is 1. The Kier molecular flexibility index (Phi) is 1.70. The molecule has 14 heavy (non-hydrogen) atoms. The van der Waals surface area contributed by atoms with E-state index in [-0.39, 0.29) is 16.9 Å². The third-order valence-corrected chi connectivity index (χ3v) is 2.05. The molecule has 0 N–H and O–H groups in total. The van der Waals surface area contributed by atoms with Gasteiger partial charge in [-0.1, -0.05) is 6.07 Å². The molecular formula is C10H6O4. The molecule has 4 nitrogen and oxygen atoms in total. The number of cyclic esters (lactones) is 2. The van der Waals surface area contributed by atoms with Crippen molar-refractivity contribution in [1.29, 1.82) is 0 Å². The summed E-state index contributed by atoms with van der Waals surface area (Å²) in [7, 11) is 0. The van der Waals surface area contributed by atoms with E-state index in [0.29, 0.717) is 5.56 Å². The van der Waals surface area contributed by atoms with Gasteiger partial charge in [-0.3, -0.25) is 4.79 Å². The Morgan fingerprint density at radius 2 is 1.79 bits per heavy atom. The highest BCUT2D eigenvalue weighted by atomic mass is 16.6. The summed E-state index contributed by atoms with van der Waals surface area (Å²) in [6, 6.07) is 4.31. The van der Waals surface area contributed by atoms with Crippen LogP contribution in [0.3, 0.4) is 0 Å².